The summed E-state index contributed by atoms with van der Waals surface area (Å²) in [6.07, 6.45) is -9.66. The number of nitrogens with zero attached hydrogens (tertiary/aromatic N) is 3. The number of carbonyl (C=O) groups is 1. The monoisotopic (exact) mass is 585 g/mol. The number of hydroxylamine groups is 1. The summed E-state index contributed by atoms with van der Waals surface area (Å²) in [6, 6.07) is 9.46. The fraction of sp³-hybridized carbons (Fsp3) is 0.150. The highest BCUT2D eigenvalue weighted by atomic mass is 35.5. The minimum atomic E-state index is -5.51. The molecule has 204 valence electrons. The second kappa shape index (κ2) is 10.9. The molecule has 18 heteroatoms. The maximum absolute atomic E-state index is 12.9. The molecule has 0 aliphatic heterocycles. The van der Waals surface area contributed by atoms with Crippen LogP contribution in [0.3, 0.4) is 0 Å². The maximum Gasteiger partial charge on any atom is 0.573 e. The number of ether oxygens (including phenoxy) is 1. The Hall–Kier alpha value is -3.83. The van der Waals surface area contributed by atoms with Crippen LogP contribution in [0, 0.1) is 0 Å². The van der Waals surface area contributed by atoms with Gasteiger partial charge in [0.1, 0.15) is 18.0 Å². The zero-order valence-electron chi connectivity index (χ0n) is 18.6. The minimum Gasteiger partial charge on any atom is -0.404 e. The summed E-state index contributed by atoms with van der Waals surface area (Å²) in [6.45, 7) is 0. The van der Waals surface area contributed by atoms with E-state index in [1.807, 2.05) is 0 Å². The van der Waals surface area contributed by atoms with Crippen LogP contribution < -0.4 is 15.4 Å². The number of sulfonamides is 1. The first-order chi connectivity index (χ1) is 17.5. The summed E-state index contributed by atoms with van der Waals surface area (Å²) in [5, 5.41) is 5.79. The standard InChI is InChI=1S/C20H14ClF6N5O5S/c1-32(37-18(33)19(22,23)24)38(34,35)13-6-7-15(36-20(25,26)27)14(8-13)31-17-9-16(28-10-29-17)30-12-4-2-11(21)3-5-12/h2-10H,1H3,(H2,28,29,30,31). The molecule has 3 rings (SSSR count). The Labute approximate surface area is 215 Å². The number of nitrogens with one attached hydrogen (secondary N) is 2. The van der Waals surface area contributed by atoms with Crippen molar-refractivity contribution in [1.82, 2.24) is 14.4 Å². The molecule has 0 aliphatic carbocycles. The van der Waals surface area contributed by atoms with Crippen LogP contribution in [0.25, 0.3) is 0 Å². The number of halogens is 7. The molecule has 0 amide bonds. The van der Waals surface area contributed by atoms with E-state index in [9.17, 15) is 39.6 Å². The number of aromatic nitrogens is 2. The molecule has 3 aromatic rings. The summed E-state index contributed by atoms with van der Waals surface area (Å²) < 4.78 is 105. The van der Waals surface area contributed by atoms with Crippen molar-refractivity contribution < 1.29 is 49.1 Å². The van der Waals surface area contributed by atoms with Crippen LogP contribution in [0.2, 0.25) is 5.02 Å². The van der Waals surface area contributed by atoms with Crippen molar-refractivity contribution in [3.8, 4) is 5.75 Å². The molecule has 0 saturated carbocycles. The predicted molar refractivity (Wildman–Crippen MR) is 120 cm³/mol. The van der Waals surface area contributed by atoms with E-state index in [0.29, 0.717) is 36.0 Å². The molecule has 2 aromatic carbocycles. The molecule has 38 heavy (non-hydrogen) atoms. The molecular weight excluding hydrogens is 572 g/mol. The fourth-order valence-electron chi connectivity index (χ4n) is 2.66. The van der Waals surface area contributed by atoms with Gasteiger partial charge in [0.2, 0.25) is 0 Å². The third-order valence-electron chi connectivity index (χ3n) is 4.30. The third kappa shape index (κ3) is 7.59. The summed E-state index contributed by atoms with van der Waals surface area (Å²) in [4.78, 5) is 21.8. The molecule has 0 atom stereocenters. The quantitative estimate of drug-likeness (QED) is 0.273. The Bertz CT molecular complexity index is 1420. The first-order valence-electron chi connectivity index (χ1n) is 9.84. The molecule has 1 aromatic heterocycles. The summed E-state index contributed by atoms with van der Waals surface area (Å²) in [5.41, 5.74) is -0.0558. The van der Waals surface area contributed by atoms with Gasteiger partial charge in [-0.05, 0) is 46.9 Å². The van der Waals surface area contributed by atoms with E-state index < -0.39 is 44.9 Å². The molecule has 10 nitrogen and oxygen atoms in total. The molecule has 0 bridgehead atoms. The van der Waals surface area contributed by atoms with Gasteiger partial charge in [-0.15, -0.1) is 13.2 Å². The summed E-state index contributed by atoms with van der Waals surface area (Å²) in [7, 11) is -4.47. The van der Waals surface area contributed by atoms with E-state index in [4.69, 9.17) is 11.6 Å². The van der Waals surface area contributed by atoms with Crippen molar-refractivity contribution in [1.29, 1.82) is 0 Å². The Kier molecular flexibility index (Phi) is 8.23. The zero-order chi connectivity index (χ0) is 28.3. The van der Waals surface area contributed by atoms with Gasteiger partial charge in [-0.2, -0.15) is 13.2 Å². The third-order valence-corrected chi connectivity index (χ3v) is 6.16. The average Bonchev–Trinajstić information content (AvgIpc) is 2.80. The van der Waals surface area contributed by atoms with Gasteiger partial charge < -0.3 is 20.2 Å². The van der Waals surface area contributed by atoms with Crippen molar-refractivity contribution in [2.45, 2.75) is 17.4 Å². The SMILES string of the molecule is CN(OC(=O)C(F)(F)F)S(=O)(=O)c1ccc(OC(F)(F)F)c(Nc2cc(Nc3ccc(Cl)cc3)ncn2)c1. The van der Waals surface area contributed by atoms with Crippen molar-refractivity contribution in [2.24, 2.45) is 0 Å². The minimum absolute atomic E-state index is 0.130. The van der Waals surface area contributed by atoms with Gasteiger partial charge in [0, 0.05) is 23.8 Å². The van der Waals surface area contributed by atoms with Crippen molar-refractivity contribution >= 4 is 50.6 Å². The van der Waals surface area contributed by atoms with Gasteiger partial charge in [-0.3, -0.25) is 0 Å². The number of hydrogen-bond acceptors (Lipinski definition) is 9. The van der Waals surface area contributed by atoms with Crippen LogP contribution in [-0.4, -0.2) is 48.4 Å². The van der Waals surface area contributed by atoms with Gasteiger partial charge in [0.15, 0.2) is 5.75 Å². The second-order valence-electron chi connectivity index (χ2n) is 7.04. The van der Waals surface area contributed by atoms with Crippen LogP contribution >= 0.6 is 11.6 Å². The molecule has 0 unspecified atom stereocenters. The number of carbonyl (C=O) groups excluding carboxylic acids is 1. The largest absolute Gasteiger partial charge is 0.573 e. The Balaban J connectivity index is 1.94. The average molecular weight is 586 g/mol. The van der Waals surface area contributed by atoms with Gasteiger partial charge in [-0.1, -0.05) is 11.6 Å². The molecule has 2 N–H and O–H groups in total. The van der Waals surface area contributed by atoms with Gasteiger partial charge in [-0.25, -0.2) is 23.2 Å². The topological polar surface area (TPSA) is 123 Å². The summed E-state index contributed by atoms with van der Waals surface area (Å²) >= 11 is 5.82. The van der Waals surface area contributed by atoms with Crippen LogP contribution in [0.15, 0.2) is 59.8 Å². The Morgan fingerprint density at radius 3 is 2.13 bits per heavy atom. The first kappa shape index (κ1) is 28.7. The lowest BCUT2D eigenvalue weighted by atomic mass is 10.3. The van der Waals surface area contributed by atoms with Crippen molar-refractivity contribution in [3.63, 3.8) is 0 Å². The van der Waals surface area contributed by atoms with Crippen LogP contribution in [0.1, 0.15) is 0 Å². The van der Waals surface area contributed by atoms with Gasteiger partial charge in [0.25, 0.3) is 10.0 Å². The van der Waals surface area contributed by atoms with Crippen LogP contribution in [0.4, 0.5) is 49.4 Å². The van der Waals surface area contributed by atoms with Gasteiger partial charge in [0.05, 0.1) is 10.6 Å². The van der Waals surface area contributed by atoms with E-state index in [-0.39, 0.29) is 16.1 Å². The predicted octanol–water partition coefficient (Wildman–Crippen LogP) is 5.16. The van der Waals surface area contributed by atoms with Gasteiger partial charge >= 0.3 is 18.5 Å². The van der Waals surface area contributed by atoms with E-state index >= 15 is 0 Å². The lowest BCUT2D eigenvalue weighted by Gasteiger charge is -2.19. The van der Waals surface area contributed by atoms with Crippen LogP contribution in [-0.2, 0) is 19.7 Å². The number of anilines is 4. The first-order valence-corrected chi connectivity index (χ1v) is 11.7. The number of hydrogen-bond donors (Lipinski definition) is 2. The number of benzene rings is 2. The molecule has 0 saturated heterocycles. The molecule has 0 fully saturated rings. The molecule has 0 spiro atoms. The Morgan fingerprint density at radius 2 is 1.55 bits per heavy atom. The maximum atomic E-state index is 12.9. The smallest absolute Gasteiger partial charge is 0.404 e. The zero-order valence-corrected chi connectivity index (χ0v) is 20.2. The molecule has 0 radical (unpaired) electrons. The normalized spacial score (nSPS) is 12.2. The number of alkyl halides is 6. The lowest BCUT2D eigenvalue weighted by Crippen LogP contribution is -2.36. The van der Waals surface area contributed by atoms with E-state index in [1.54, 1.807) is 24.3 Å². The Morgan fingerprint density at radius 1 is 0.947 bits per heavy atom. The molecule has 0 aliphatic rings. The summed E-state index contributed by atoms with van der Waals surface area (Å²) in [5.74, 6) is -3.70. The lowest BCUT2D eigenvalue weighted by molar-refractivity contribution is -0.274. The highest BCUT2D eigenvalue weighted by molar-refractivity contribution is 7.89. The van der Waals surface area contributed by atoms with Crippen LogP contribution in [0.5, 0.6) is 5.75 Å². The van der Waals surface area contributed by atoms with Crippen molar-refractivity contribution in [3.05, 3.63) is 59.9 Å². The van der Waals surface area contributed by atoms with E-state index in [1.165, 1.54) is 6.07 Å². The number of rotatable bonds is 8. The highest BCUT2D eigenvalue weighted by Crippen LogP contribution is 2.35. The van der Waals surface area contributed by atoms with E-state index in [0.717, 1.165) is 6.33 Å². The second-order valence-corrected chi connectivity index (χ2v) is 9.41. The molecule has 1 heterocycles. The van der Waals surface area contributed by atoms with E-state index in [2.05, 4.69) is 30.2 Å². The molecular formula is C20H14ClF6N5O5S. The highest BCUT2D eigenvalue weighted by Gasteiger charge is 2.44. The van der Waals surface area contributed by atoms with Crippen molar-refractivity contribution in [2.75, 3.05) is 17.7 Å². The fourth-order valence-corrected chi connectivity index (χ4v) is 3.76.